The molecule has 0 saturated heterocycles. The highest BCUT2D eigenvalue weighted by atomic mass is 35.5. The van der Waals surface area contributed by atoms with Gasteiger partial charge in [0.2, 0.25) is 0 Å². The van der Waals surface area contributed by atoms with Crippen LogP contribution in [-0.2, 0) is 17.5 Å². The first-order valence-electron chi connectivity index (χ1n) is 10.8. The zero-order valence-electron chi connectivity index (χ0n) is 19.1. The summed E-state index contributed by atoms with van der Waals surface area (Å²) in [5.74, 6) is -0.114. The van der Waals surface area contributed by atoms with E-state index in [1.165, 1.54) is 13.0 Å². The zero-order valence-corrected chi connectivity index (χ0v) is 20.6. The highest BCUT2D eigenvalue weighted by molar-refractivity contribution is 6.32. The van der Waals surface area contributed by atoms with Crippen LogP contribution in [0.4, 0.5) is 13.2 Å². The molecular formula is C26H20Cl2F3NO4. The molecule has 1 atom stereocenters. The van der Waals surface area contributed by atoms with Crippen LogP contribution >= 0.6 is 23.2 Å². The molecule has 0 radical (unpaired) electrons. The number of rotatable bonds is 7. The summed E-state index contributed by atoms with van der Waals surface area (Å²) in [7, 11) is 0. The first-order chi connectivity index (χ1) is 16.9. The third-order valence-corrected chi connectivity index (χ3v) is 6.18. The molecular weight excluding hydrogens is 518 g/mol. The summed E-state index contributed by atoms with van der Waals surface area (Å²) in [4.78, 5) is 11.2. The Balaban J connectivity index is 1.80. The number of alkyl halides is 3. The summed E-state index contributed by atoms with van der Waals surface area (Å²) in [6.07, 6.45) is -5.66. The van der Waals surface area contributed by atoms with E-state index in [-0.39, 0.29) is 17.3 Å². The van der Waals surface area contributed by atoms with E-state index >= 15 is 0 Å². The van der Waals surface area contributed by atoms with Gasteiger partial charge in [0.05, 0.1) is 21.8 Å². The molecule has 3 aromatic carbocycles. The second-order valence-corrected chi connectivity index (χ2v) is 8.99. The van der Waals surface area contributed by atoms with Crippen molar-refractivity contribution < 1.29 is 32.5 Å². The lowest BCUT2D eigenvalue weighted by molar-refractivity contribution is -0.144. The van der Waals surface area contributed by atoms with Gasteiger partial charge in [0.15, 0.2) is 11.9 Å². The standard InChI is InChI=1S/C26H20Cl2F3NO4/c1-14-24(36-19-7-5-18(27)6-8-19)20-9-4-17(26(29,30)31)12-22(20)32(14)13-16-3-10-21(28)23(11-16)35-15(2)25(33)34/h3-12,15H,13H2,1-2H3,(H,33,34). The van der Waals surface area contributed by atoms with Crippen LogP contribution in [0.5, 0.6) is 17.2 Å². The van der Waals surface area contributed by atoms with Gasteiger partial charge in [-0.1, -0.05) is 29.3 Å². The van der Waals surface area contributed by atoms with Gasteiger partial charge in [0, 0.05) is 17.0 Å². The van der Waals surface area contributed by atoms with Crippen LogP contribution in [0.1, 0.15) is 23.7 Å². The maximum atomic E-state index is 13.5. The number of carbonyl (C=O) groups is 1. The summed E-state index contributed by atoms with van der Waals surface area (Å²) in [5.41, 5.74) is 0.767. The van der Waals surface area contributed by atoms with Crippen LogP contribution in [0.25, 0.3) is 10.9 Å². The fourth-order valence-corrected chi connectivity index (χ4v) is 4.02. The summed E-state index contributed by atoms with van der Waals surface area (Å²) in [6, 6.07) is 14.9. The maximum absolute atomic E-state index is 13.5. The van der Waals surface area contributed by atoms with Crippen molar-refractivity contribution in [2.75, 3.05) is 0 Å². The number of carboxylic acid groups (broad SMARTS) is 1. The van der Waals surface area contributed by atoms with E-state index in [0.29, 0.717) is 38.7 Å². The Morgan fingerprint density at radius 1 is 1.06 bits per heavy atom. The minimum absolute atomic E-state index is 0.155. The first-order valence-corrected chi connectivity index (χ1v) is 11.5. The van der Waals surface area contributed by atoms with Gasteiger partial charge in [-0.15, -0.1) is 0 Å². The van der Waals surface area contributed by atoms with E-state index < -0.39 is 23.8 Å². The van der Waals surface area contributed by atoms with Crippen molar-refractivity contribution in [1.82, 2.24) is 4.57 Å². The predicted octanol–water partition coefficient (Wildman–Crippen LogP) is 7.97. The van der Waals surface area contributed by atoms with E-state index in [1.54, 1.807) is 54.0 Å². The quantitative estimate of drug-likeness (QED) is 0.259. The van der Waals surface area contributed by atoms with Crippen molar-refractivity contribution in [2.24, 2.45) is 0 Å². The number of halogens is 5. The van der Waals surface area contributed by atoms with Crippen molar-refractivity contribution >= 4 is 40.1 Å². The molecule has 5 nitrogen and oxygen atoms in total. The number of fused-ring (bicyclic) bond motifs is 1. The molecule has 1 heterocycles. The van der Waals surface area contributed by atoms with E-state index in [4.69, 9.17) is 37.8 Å². The van der Waals surface area contributed by atoms with E-state index in [2.05, 4.69) is 0 Å². The second-order valence-electron chi connectivity index (χ2n) is 8.15. The van der Waals surface area contributed by atoms with Gasteiger partial charge >= 0.3 is 12.1 Å². The number of nitrogens with zero attached hydrogens (tertiary/aromatic N) is 1. The first kappa shape index (κ1) is 25.7. The zero-order chi connectivity index (χ0) is 26.2. The van der Waals surface area contributed by atoms with Crippen LogP contribution < -0.4 is 9.47 Å². The molecule has 0 aliphatic heterocycles. The monoisotopic (exact) mass is 537 g/mol. The molecule has 1 aromatic heterocycles. The number of carboxylic acids is 1. The number of hydrogen-bond acceptors (Lipinski definition) is 3. The molecule has 0 amide bonds. The average Bonchev–Trinajstić information content (AvgIpc) is 3.07. The summed E-state index contributed by atoms with van der Waals surface area (Å²) >= 11 is 12.1. The van der Waals surface area contributed by atoms with Crippen molar-refractivity contribution in [3.8, 4) is 17.2 Å². The van der Waals surface area contributed by atoms with Crippen LogP contribution in [0, 0.1) is 6.92 Å². The fourth-order valence-electron chi connectivity index (χ4n) is 3.73. The van der Waals surface area contributed by atoms with Crippen molar-refractivity contribution in [1.29, 1.82) is 0 Å². The number of ether oxygens (including phenoxy) is 2. The molecule has 1 unspecified atom stereocenters. The highest BCUT2D eigenvalue weighted by Crippen LogP contribution is 2.40. The third-order valence-electron chi connectivity index (χ3n) is 5.62. The third kappa shape index (κ3) is 5.39. The lowest BCUT2D eigenvalue weighted by atomic mass is 10.1. The summed E-state index contributed by atoms with van der Waals surface area (Å²) in [6.45, 7) is 3.27. The molecule has 1 N–H and O–H groups in total. The topological polar surface area (TPSA) is 60.7 Å². The molecule has 0 bridgehead atoms. The van der Waals surface area contributed by atoms with Crippen LogP contribution in [0.15, 0.2) is 60.7 Å². The molecule has 10 heteroatoms. The molecule has 0 aliphatic rings. The van der Waals surface area contributed by atoms with Gasteiger partial charge in [-0.25, -0.2) is 4.79 Å². The molecule has 0 fully saturated rings. The Bertz CT molecular complexity index is 1430. The molecule has 4 aromatic rings. The summed E-state index contributed by atoms with van der Waals surface area (Å²) in [5, 5.41) is 10.4. The van der Waals surface area contributed by atoms with Gasteiger partial charge in [0.1, 0.15) is 11.5 Å². The van der Waals surface area contributed by atoms with Crippen LogP contribution in [0.3, 0.4) is 0 Å². The van der Waals surface area contributed by atoms with E-state index in [9.17, 15) is 18.0 Å². The molecule has 0 aliphatic carbocycles. The Kier molecular flexibility index (Phi) is 7.11. The fraction of sp³-hybridized carbons (Fsp3) is 0.192. The minimum Gasteiger partial charge on any atom is -0.479 e. The lowest BCUT2D eigenvalue weighted by Gasteiger charge is -2.15. The predicted molar refractivity (Wildman–Crippen MR) is 131 cm³/mol. The van der Waals surface area contributed by atoms with Gasteiger partial charge in [-0.3, -0.25) is 0 Å². The van der Waals surface area contributed by atoms with E-state index in [1.807, 2.05) is 0 Å². The SMILES string of the molecule is Cc1c(Oc2ccc(Cl)cc2)c2ccc(C(F)(F)F)cc2n1Cc1ccc(Cl)c(OC(C)C(=O)O)c1. The van der Waals surface area contributed by atoms with Gasteiger partial charge < -0.3 is 19.1 Å². The normalized spacial score (nSPS) is 12.5. The van der Waals surface area contributed by atoms with E-state index in [0.717, 1.165) is 12.1 Å². The van der Waals surface area contributed by atoms with Crippen molar-refractivity contribution in [3.63, 3.8) is 0 Å². The van der Waals surface area contributed by atoms with Gasteiger partial charge in [0.25, 0.3) is 0 Å². The Hall–Kier alpha value is -3.36. The minimum atomic E-state index is -4.53. The number of aliphatic carboxylic acids is 1. The molecule has 4 rings (SSSR count). The molecule has 0 spiro atoms. The molecule has 0 saturated carbocycles. The Labute approximate surface area is 214 Å². The smallest absolute Gasteiger partial charge is 0.416 e. The Morgan fingerprint density at radius 3 is 2.39 bits per heavy atom. The summed E-state index contributed by atoms with van der Waals surface area (Å²) < 4.78 is 53.8. The number of hydrogen-bond donors (Lipinski definition) is 1. The largest absolute Gasteiger partial charge is 0.479 e. The van der Waals surface area contributed by atoms with Crippen molar-refractivity contribution in [2.45, 2.75) is 32.7 Å². The maximum Gasteiger partial charge on any atom is 0.416 e. The molecule has 36 heavy (non-hydrogen) atoms. The number of benzene rings is 3. The molecule has 188 valence electrons. The highest BCUT2D eigenvalue weighted by Gasteiger charge is 2.31. The average molecular weight is 538 g/mol. The van der Waals surface area contributed by atoms with Gasteiger partial charge in [-0.05, 0) is 74.0 Å². The van der Waals surface area contributed by atoms with Crippen LogP contribution in [0.2, 0.25) is 10.0 Å². The second kappa shape index (κ2) is 9.95. The lowest BCUT2D eigenvalue weighted by Crippen LogP contribution is -2.23. The van der Waals surface area contributed by atoms with Crippen LogP contribution in [-0.4, -0.2) is 21.7 Å². The van der Waals surface area contributed by atoms with Gasteiger partial charge in [-0.2, -0.15) is 13.2 Å². The number of aromatic nitrogens is 1. The van der Waals surface area contributed by atoms with Crippen molar-refractivity contribution in [3.05, 3.63) is 87.5 Å². The Morgan fingerprint density at radius 2 is 1.75 bits per heavy atom.